The molecule has 6 nitrogen and oxygen atoms in total. The zero-order chi connectivity index (χ0) is 18.1. The summed E-state index contributed by atoms with van der Waals surface area (Å²) in [6, 6.07) is 8.07. The van der Waals surface area contributed by atoms with Crippen molar-refractivity contribution < 1.29 is 19.5 Å². The molecule has 4 bridgehead atoms. The Bertz CT molecular complexity index is 749. The number of carbonyl (C=O) groups is 1. The van der Waals surface area contributed by atoms with Crippen LogP contribution in [0.5, 0.6) is 0 Å². The molecule has 6 heteroatoms. The number of para-hydroxylation sites is 1. The molecule has 2 N–H and O–H groups in total. The summed E-state index contributed by atoms with van der Waals surface area (Å²) in [6.45, 7) is 2.92. The number of aliphatic hydroxyl groups excluding tert-OH is 1. The second kappa shape index (κ2) is 5.52. The molecule has 1 saturated carbocycles. The van der Waals surface area contributed by atoms with Crippen molar-refractivity contribution in [3.63, 3.8) is 0 Å². The average molecular weight is 358 g/mol. The fraction of sp³-hybridized carbons (Fsp3) is 0.650. The third-order valence-electron chi connectivity index (χ3n) is 7.53. The lowest BCUT2D eigenvalue weighted by Crippen LogP contribution is -2.58. The highest BCUT2D eigenvalue weighted by atomic mass is 16.7. The van der Waals surface area contributed by atoms with E-state index in [1.165, 1.54) is 5.06 Å². The molecular formula is C20H26N2O4. The first-order valence-corrected chi connectivity index (χ1v) is 9.59. The molecule has 6 atom stereocenters. The summed E-state index contributed by atoms with van der Waals surface area (Å²) in [4.78, 5) is 19.0. The molecule has 5 aliphatic rings. The van der Waals surface area contributed by atoms with Crippen LogP contribution in [0.1, 0.15) is 31.7 Å². The SMILES string of the molecule is CCC1(CO)NC2CC3(C(=O)N(OC)c4ccccc43)C3CC1C2CO3. The molecule has 1 amide bonds. The minimum absolute atomic E-state index is 0.0210. The minimum Gasteiger partial charge on any atom is -0.394 e. The van der Waals surface area contributed by atoms with Gasteiger partial charge in [-0.3, -0.25) is 9.63 Å². The van der Waals surface area contributed by atoms with Gasteiger partial charge in [0.2, 0.25) is 0 Å². The quantitative estimate of drug-likeness (QED) is 0.854. The van der Waals surface area contributed by atoms with Crippen LogP contribution in [-0.4, -0.2) is 49.0 Å². The van der Waals surface area contributed by atoms with Crippen molar-refractivity contribution in [3.8, 4) is 0 Å². The van der Waals surface area contributed by atoms with Crippen molar-refractivity contribution in [2.75, 3.05) is 25.4 Å². The van der Waals surface area contributed by atoms with E-state index >= 15 is 0 Å². The Labute approximate surface area is 153 Å². The first-order chi connectivity index (χ1) is 12.6. The molecule has 1 aliphatic carbocycles. The Kier molecular flexibility index (Phi) is 3.54. The highest BCUT2D eigenvalue weighted by Gasteiger charge is 2.67. The maximum atomic E-state index is 13.5. The predicted molar refractivity (Wildman–Crippen MR) is 95.6 cm³/mol. The number of nitrogens with zero attached hydrogens (tertiary/aromatic N) is 1. The first kappa shape index (κ1) is 16.7. The number of aliphatic hydroxyl groups is 1. The zero-order valence-corrected chi connectivity index (χ0v) is 15.3. The van der Waals surface area contributed by atoms with Gasteiger partial charge in [-0.2, -0.15) is 5.06 Å². The number of hydroxylamine groups is 1. The number of ether oxygens (including phenoxy) is 1. The number of nitrogens with one attached hydrogen (secondary N) is 1. The van der Waals surface area contributed by atoms with Crippen molar-refractivity contribution in [1.29, 1.82) is 0 Å². The van der Waals surface area contributed by atoms with E-state index in [0.29, 0.717) is 24.9 Å². The van der Waals surface area contributed by atoms with Crippen LogP contribution >= 0.6 is 0 Å². The maximum absolute atomic E-state index is 13.5. The van der Waals surface area contributed by atoms with E-state index < -0.39 is 5.41 Å². The number of hydrogen-bond donors (Lipinski definition) is 2. The molecule has 140 valence electrons. The van der Waals surface area contributed by atoms with Crippen LogP contribution in [0, 0.1) is 11.8 Å². The first-order valence-electron chi connectivity index (χ1n) is 9.59. The van der Waals surface area contributed by atoms with Gasteiger partial charge in [0.05, 0.1) is 32.1 Å². The van der Waals surface area contributed by atoms with Crippen LogP contribution in [-0.2, 0) is 19.8 Å². The van der Waals surface area contributed by atoms with E-state index in [1.807, 2.05) is 24.3 Å². The number of rotatable bonds is 3. The lowest BCUT2D eigenvalue weighted by atomic mass is 9.69. The Morgan fingerprint density at radius 3 is 2.96 bits per heavy atom. The van der Waals surface area contributed by atoms with Crippen molar-refractivity contribution in [2.45, 2.75) is 49.3 Å². The van der Waals surface area contributed by atoms with E-state index in [4.69, 9.17) is 9.57 Å². The van der Waals surface area contributed by atoms with Crippen molar-refractivity contribution in [3.05, 3.63) is 29.8 Å². The minimum atomic E-state index is -0.705. The number of fused-ring (bicyclic) bond motifs is 2. The normalized spacial score (nSPS) is 43.2. The molecule has 4 fully saturated rings. The molecule has 26 heavy (non-hydrogen) atoms. The van der Waals surface area contributed by atoms with Gasteiger partial charge in [-0.25, -0.2) is 0 Å². The molecular weight excluding hydrogens is 332 g/mol. The Morgan fingerprint density at radius 1 is 1.42 bits per heavy atom. The van der Waals surface area contributed by atoms with Crippen LogP contribution in [0.4, 0.5) is 5.69 Å². The highest BCUT2D eigenvalue weighted by molar-refractivity contribution is 6.07. The topological polar surface area (TPSA) is 71.0 Å². The van der Waals surface area contributed by atoms with Gasteiger partial charge in [0.1, 0.15) is 5.41 Å². The Balaban J connectivity index is 1.64. The fourth-order valence-electron chi connectivity index (χ4n) is 6.22. The second-order valence-corrected chi connectivity index (χ2v) is 8.22. The standard InChI is InChI=1S/C20H26N2O4/c1-3-19(11-23)14-8-17-20(9-15(21-19)12(14)10-26-17)13-6-4-5-7-16(13)22(25-2)18(20)24/h4-7,12,14-15,17,21,23H,3,8-11H2,1-2H3. The van der Waals surface area contributed by atoms with Gasteiger partial charge in [-0.15, -0.1) is 0 Å². The summed E-state index contributed by atoms with van der Waals surface area (Å²) in [5.74, 6) is 0.652. The largest absolute Gasteiger partial charge is 0.394 e. The van der Waals surface area contributed by atoms with Crippen LogP contribution in [0.2, 0.25) is 0 Å². The van der Waals surface area contributed by atoms with E-state index in [2.05, 4.69) is 12.2 Å². The number of amides is 1. The van der Waals surface area contributed by atoms with Gasteiger partial charge in [-0.1, -0.05) is 25.1 Å². The molecule has 0 radical (unpaired) electrons. The molecule has 6 rings (SSSR count). The number of hydrogen-bond acceptors (Lipinski definition) is 5. The molecule has 4 heterocycles. The molecule has 1 aromatic rings. The molecule has 1 spiro atoms. The van der Waals surface area contributed by atoms with Gasteiger partial charge in [0, 0.05) is 17.5 Å². The van der Waals surface area contributed by atoms with Crippen molar-refractivity contribution >= 4 is 11.6 Å². The third-order valence-corrected chi connectivity index (χ3v) is 7.53. The zero-order valence-electron chi connectivity index (χ0n) is 15.3. The summed E-state index contributed by atoms with van der Waals surface area (Å²) in [5.41, 5.74) is 0.885. The van der Waals surface area contributed by atoms with Crippen molar-refractivity contribution in [2.24, 2.45) is 11.8 Å². The van der Waals surface area contributed by atoms with Gasteiger partial charge in [0.25, 0.3) is 5.91 Å². The van der Waals surface area contributed by atoms with Crippen LogP contribution in [0.25, 0.3) is 0 Å². The summed E-state index contributed by atoms with van der Waals surface area (Å²) in [5, 5.41) is 15.3. The van der Waals surface area contributed by atoms with E-state index in [-0.39, 0.29) is 30.2 Å². The maximum Gasteiger partial charge on any atom is 0.264 e. The molecule has 4 aliphatic heterocycles. The monoisotopic (exact) mass is 358 g/mol. The van der Waals surface area contributed by atoms with Gasteiger partial charge in [0.15, 0.2) is 0 Å². The third kappa shape index (κ3) is 1.78. The van der Waals surface area contributed by atoms with Gasteiger partial charge in [-0.05, 0) is 36.8 Å². The summed E-state index contributed by atoms with van der Waals surface area (Å²) >= 11 is 0. The van der Waals surface area contributed by atoms with Crippen LogP contribution < -0.4 is 10.4 Å². The summed E-state index contributed by atoms with van der Waals surface area (Å²) < 4.78 is 6.30. The predicted octanol–water partition coefficient (Wildman–Crippen LogP) is 1.37. The molecule has 3 saturated heterocycles. The fourth-order valence-corrected chi connectivity index (χ4v) is 6.22. The average Bonchev–Trinajstić information content (AvgIpc) is 2.99. The lowest BCUT2D eigenvalue weighted by molar-refractivity contribution is -0.139. The highest BCUT2D eigenvalue weighted by Crippen LogP contribution is 2.58. The van der Waals surface area contributed by atoms with E-state index in [1.54, 1.807) is 7.11 Å². The smallest absolute Gasteiger partial charge is 0.264 e. The molecule has 1 aromatic carbocycles. The number of carbonyl (C=O) groups excluding carboxylic acids is 1. The Hall–Kier alpha value is -1.47. The summed E-state index contributed by atoms with van der Waals surface area (Å²) in [7, 11) is 1.54. The van der Waals surface area contributed by atoms with Crippen molar-refractivity contribution in [1.82, 2.24) is 5.32 Å². The van der Waals surface area contributed by atoms with Gasteiger partial charge < -0.3 is 15.2 Å². The van der Waals surface area contributed by atoms with Gasteiger partial charge >= 0.3 is 0 Å². The van der Waals surface area contributed by atoms with Crippen LogP contribution in [0.15, 0.2) is 24.3 Å². The second-order valence-electron chi connectivity index (χ2n) is 8.22. The summed E-state index contributed by atoms with van der Waals surface area (Å²) in [6.07, 6.45) is 2.19. The molecule has 0 aromatic heterocycles. The van der Waals surface area contributed by atoms with E-state index in [0.717, 1.165) is 24.1 Å². The lowest BCUT2D eigenvalue weighted by Gasteiger charge is -2.44. The Morgan fingerprint density at radius 2 is 2.23 bits per heavy atom. The number of benzene rings is 1. The van der Waals surface area contributed by atoms with Crippen LogP contribution in [0.3, 0.4) is 0 Å². The van der Waals surface area contributed by atoms with E-state index in [9.17, 15) is 9.90 Å². The number of anilines is 1. The molecule has 6 unspecified atom stereocenters.